The van der Waals surface area contributed by atoms with Crippen molar-refractivity contribution in [1.29, 1.82) is 0 Å². The molecule has 0 unspecified atom stereocenters. The van der Waals surface area contributed by atoms with Gasteiger partial charge in [-0.05, 0) is 44.9 Å². The number of anilines is 1. The van der Waals surface area contributed by atoms with Crippen molar-refractivity contribution in [2.45, 2.75) is 45.8 Å². The molecule has 3 rings (SSSR count). The highest BCUT2D eigenvalue weighted by molar-refractivity contribution is 5.92. The maximum Gasteiger partial charge on any atom is 0.410 e. The van der Waals surface area contributed by atoms with E-state index in [1.54, 1.807) is 31.3 Å². The topological polar surface area (TPSA) is 106 Å². The molecule has 0 fully saturated rings. The largest absolute Gasteiger partial charge is 0.493 e. The Morgan fingerprint density at radius 1 is 1.20 bits per heavy atom. The smallest absolute Gasteiger partial charge is 0.410 e. The van der Waals surface area contributed by atoms with E-state index in [4.69, 9.17) is 14.2 Å². The van der Waals surface area contributed by atoms with Crippen LogP contribution in [0.4, 0.5) is 10.6 Å². The lowest BCUT2D eigenvalue weighted by Crippen LogP contribution is -2.40. The molecule has 1 aromatic heterocycles. The van der Waals surface area contributed by atoms with Gasteiger partial charge in [0.05, 0.1) is 32.9 Å². The predicted molar refractivity (Wildman–Crippen MR) is 111 cm³/mol. The summed E-state index contributed by atoms with van der Waals surface area (Å²) in [5.74, 6) is 1.49. The second-order valence-corrected chi connectivity index (χ2v) is 8.10. The number of rotatable bonds is 5. The van der Waals surface area contributed by atoms with Gasteiger partial charge in [0, 0.05) is 12.1 Å². The van der Waals surface area contributed by atoms with Crippen LogP contribution >= 0.6 is 0 Å². The number of H-pyrrole nitrogens is 1. The lowest BCUT2D eigenvalue weighted by atomic mass is 10.1. The van der Waals surface area contributed by atoms with Crippen molar-refractivity contribution in [3.8, 4) is 11.5 Å². The summed E-state index contributed by atoms with van der Waals surface area (Å²) >= 11 is 0. The molecule has 0 bridgehead atoms. The summed E-state index contributed by atoms with van der Waals surface area (Å²) in [4.78, 5) is 26.4. The molecule has 0 radical (unpaired) electrons. The number of benzene rings is 1. The van der Waals surface area contributed by atoms with E-state index in [1.165, 1.54) is 0 Å². The average molecular weight is 416 g/mol. The van der Waals surface area contributed by atoms with Gasteiger partial charge in [0.25, 0.3) is 0 Å². The molecule has 1 aliphatic rings. The molecule has 0 saturated carbocycles. The molecule has 0 aliphatic carbocycles. The number of hydrogen-bond donors (Lipinski definition) is 2. The Morgan fingerprint density at radius 2 is 1.93 bits per heavy atom. The molecule has 162 valence electrons. The second-order valence-electron chi connectivity index (χ2n) is 8.10. The van der Waals surface area contributed by atoms with Gasteiger partial charge in [0.1, 0.15) is 5.60 Å². The SMILES string of the molecule is COc1ccc(CC(=O)Nc2n[nH]c3c2CCN(C(=O)OC(C)(C)C)C3)cc1OC. The molecule has 30 heavy (non-hydrogen) atoms. The Labute approximate surface area is 175 Å². The third-order valence-corrected chi connectivity index (χ3v) is 4.66. The van der Waals surface area contributed by atoms with E-state index in [1.807, 2.05) is 26.8 Å². The summed E-state index contributed by atoms with van der Waals surface area (Å²) in [6.45, 7) is 6.37. The second kappa shape index (κ2) is 8.64. The molecular formula is C21H28N4O5. The maximum atomic E-state index is 12.5. The van der Waals surface area contributed by atoms with Crippen molar-refractivity contribution < 1.29 is 23.8 Å². The number of aromatic amines is 1. The first-order valence-electron chi connectivity index (χ1n) is 9.75. The minimum Gasteiger partial charge on any atom is -0.493 e. The fourth-order valence-electron chi connectivity index (χ4n) is 3.26. The minimum atomic E-state index is -0.547. The molecule has 2 amide bonds. The molecule has 2 heterocycles. The number of nitrogens with one attached hydrogen (secondary N) is 2. The van der Waals surface area contributed by atoms with Crippen LogP contribution in [0, 0.1) is 0 Å². The predicted octanol–water partition coefficient (Wildman–Crippen LogP) is 2.90. The van der Waals surface area contributed by atoms with Crippen LogP contribution < -0.4 is 14.8 Å². The lowest BCUT2D eigenvalue weighted by molar-refractivity contribution is -0.115. The number of ether oxygens (including phenoxy) is 3. The molecule has 0 saturated heterocycles. The molecule has 1 aliphatic heterocycles. The van der Waals surface area contributed by atoms with Crippen LogP contribution in [0.25, 0.3) is 0 Å². The number of aromatic nitrogens is 2. The average Bonchev–Trinajstić information content (AvgIpc) is 3.08. The maximum absolute atomic E-state index is 12.5. The highest BCUT2D eigenvalue weighted by atomic mass is 16.6. The van der Waals surface area contributed by atoms with Gasteiger partial charge in [-0.15, -0.1) is 0 Å². The van der Waals surface area contributed by atoms with Crippen molar-refractivity contribution in [2.24, 2.45) is 0 Å². The molecule has 2 N–H and O–H groups in total. The van der Waals surface area contributed by atoms with Crippen LogP contribution in [0.1, 0.15) is 37.6 Å². The third-order valence-electron chi connectivity index (χ3n) is 4.66. The molecule has 9 nitrogen and oxygen atoms in total. The van der Waals surface area contributed by atoms with E-state index >= 15 is 0 Å². The van der Waals surface area contributed by atoms with Gasteiger partial charge in [0.2, 0.25) is 5.91 Å². The highest BCUT2D eigenvalue weighted by Gasteiger charge is 2.28. The zero-order valence-corrected chi connectivity index (χ0v) is 18.0. The number of carbonyl (C=O) groups excluding carboxylic acids is 2. The molecule has 0 spiro atoms. The van der Waals surface area contributed by atoms with Gasteiger partial charge in [-0.25, -0.2) is 4.79 Å². The lowest BCUT2D eigenvalue weighted by Gasteiger charge is -2.29. The molecule has 0 atom stereocenters. The van der Waals surface area contributed by atoms with Crippen LogP contribution in [0.3, 0.4) is 0 Å². The van der Waals surface area contributed by atoms with Crippen LogP contribution in [-0.4, -0.2) is 53.5 Å². The van der Waals surface area contributed by atoms with Gasteiger partial charge in [-0.3, -0.25) is 9.89 Å². The monoisotopic (exact) mass is 416 g/mol. The van der Waals surface area contributed by atoms with Crippen LogP contribution in [-0.2, 0) is 28.9 Å². The van der Waals surface area contributed by atoms with E-state index in [0.717, 1.165) is 16.8 Å². The van der Waals surface area contributed by atoms with Gasteiger partial charge in [-0.2, -0.15) is 5.10 Å². The first-order valence-corrected chi connectivity index (χ1v) is 9.75. The van der Waals surface area contributed by atoms with Crippen molar-refractivity contribution in [2.75, 3.05) is 26.1 Å². The quantitative estimate of drug-likeness (QED) is 0.776. The zero-order chi connectivity index (χ0) is 21.9. The highest BCUT2D eigenvalue weighted by Crippen LogP contribution is 2.28. The van der Waals surface area contributed by atoms with E-state index in [2.05, 4.69) is 15.5 Å². The van der Waals surface area contributed by atoms with Crippen molar-refractivity contribution in [3.05, 3.63) is 35.0 Å². The first-order chi connectivity index (χ1) is 14.2. The first kappa shape index (κ1) is 21.5. The van der Waals surface area contributed by atoms with Gasteiger partial charge < -0.3 is 24.4 Å². The molecule has 2 aromatic rings. The van der Waals surface area contributed by atoms with E-state index in [9.17, 15) is 9.59 Å². The minimum absolute atomic E-state index is 0.173. The summed E-state index contributed by atoms with van der Waals surface area (Å²) in [5.41, 5.74) is 1.96. The summed E-state index contributed by atoms with van der Waals surface area (Å²) in [7, 11) is 3.12. The summed E-state index contributed by atoms with van der Waals surface area (Å²) < 4.78 is 15.9. The number of nitrogens with zero attached hydrogens (tertiary/aromatic N) is 2. The van der Waals surface area contributed by atoms with Crippen molar-refractivity contribution >= 4 is 17.8 Å². The Morgan fingerprint density at radius 3 is 2.60 bits per heavy atom. The normalized spacial score (nSPS) is 13.4. The Bertz CT molecular complexity index is 932. The number of fused-ring (bicyclic) bond motifs is 1. The summed E-state index contributed by atoms with van der Waals surface area (Å²) in [5, 5.41) is 10.0. The van der Waals surface area contributed by atoms with Crippen molar-refractivity contribution in [3.63, 3.8) is 0 Å². The number of amides is 2. The van der Waals surface area contributed by atoms with E-state index in [0.29, 0.717) is 36.8 Å². The van der Waals surface area contributed by atoms with Crippen LogP contribution in [0.2, 0.25) is 0 Å². The molecule has 9 heteroatoms. The Kier molecular flexibility index (Phi) is 6.19. The van der Waals surface area contributed by atoms with Gasteiger partial charge >= 0.3 is 6.09 Å². The van der Waals surface area contributed by atoms with Crippen LogP contribution in [0.5, 0.6) is 11.5 Å². The molecular weight excluding hydrogens is 388 g/mol. The Balaban J connectivity index is 1.63. The van der Waals surface area contributed by atoms with E-state index < -0.39 is 5.60 Å². The fourth-order valence-corrected chi connectivity index (χ4v) is 3.26. The van der Waals surface area contributed by atoms with Gasteiger partial charge in [-0.1, -0.05) is 6.07 Å². The summed E-state index contributed by atoms with van der Waals surface area (Å²) in [6, 6.07) is 5.36. The van der Waals surface area contributed by atoms with Crippen molar-refractivity contribution in [1.82, 2.24) is 15.1 Å². The van der Waals surface area contributed by atoms with Crippen LogP contribution in [0.15, 0.2) is 18.2 Å². The fraction of sp³-hybridized carbons (Fsp3) is 0.476. The van der Waals surface area contributed by atoms with E-state index in [-0.39, 0.29) is 18.4 Å². The van der Waals surface area contributed by atoms with Gasteiger partial charge in [0.15, 0.2) is 17.3 Å². The Hall–Kier alpha value is -3.23. The third kappa shape index (κ3) is 5.03. The number of methoxy groups -OCH3 is 2. The standard InChI is InChI=1S/C21H28N4O5/c1-21(2,3)30-20(27)25-9-8-14-15(12-25)23-24-19(14)22-18(26)11-13-6-7-16(28-4)17(10-13)29-5/h6-7,10H,8-9,11-12H2,1-5H3,(H2,22,23,24,26). The zero-order valence-electron chi connectivity index (χ0n) is 18.0. The summed E-state index contributed by atoms with van der Waals surface area (Å²) in [6.07, 6.45) is 0.394. The number of hydrogen-bond acceptors (Lipinski definition) is 6. The number of carbonyl (C=O) groups is 2. The molecule has 1 aromatic carbocycles.